The van der Waals surface area contributed by atoms with Gasteiger partial charge in [0, 0.05) is 12.9 Å². The molecule has 23 heavy (non-hydrogen) atoms. The fourth-order valence-electron chi connectivity index (χ4n) is 2.33. The molecule has 1 aromatic carbocycles. The lowest BCUT2D eigenvalue weighted by atomic mass is 10.2. The molecular weight excluding hydrogens is 322 g/mol. The van der Waals surface area contributed by atoms with Crippen LogP contribution in [0.1, 0.15) is 35.2 Å². The van der Waals surface area contributed by atoms with E-state index in [1.165, 1.54) is 12.1 Å². The van der Waals surface area contributed by atoms with Crippen LogP contribution in [0.5, 0.6) is 0 Å². The third kappa shape index (κ3) is 3.40. The predicted molar refractivity (Wildman–Crippen MR) is 79.7 cm³/mol. The molecule has 1 unspecified atom stereocenters. The molecule has 1 aromatic heterocycles. The van der Waals surface area contributed by atoms with Crippen LogP contribution in [0.25, 0.3) is 0 Å². The van der Waals surface area contributed by atoms with Gasteiger partial charge in [-0.15, -0.1) is 5.10 Å². The minimum absolute atomic E-state index is 0.0202. The zero-order chi connectivity index (χ0) is 16.4. The summed E-state index contributed by atoms with van der Waals surface area (Å²) in [6.45, 7) is 0.635. The Hall–Kier alpha value is -2.26. The Kier molecular flexibility index (Phi) is 4.14. The SMILES string of the molecule is CS(=O)(=O)c1ccccc1C(=O)Nc1nnc(C2CCCO2)o1. The molecule has 1 saturated heterocycles. The van der Waals surface area contributed by atoms with Crippen LogP contribution >= 0.6 is 0 Å². The number of hydrogen-bond acceptors (Lipinski definition) is 7. The highest BCUT2D eigenvalue weighted by atomic mass is 32.2. The number of carbonyl (C=O) groups is 1. The first-order chi connectivity index (χ1) is 10.9. The minimum Gasteiger partial charge on any atom is -0.405 e. The van der Waals surface area contributed by atoms with E-state index < -0.39 is 15.7 Å². The first-order valence-corrected chi connectivity index (χ1v) is 8.90. The summed E-state index contributed by atoms with van der Waals surface area (Å²) in [4.78, 5) is 12.2. The zero-order valence-corrected chi connectivity index (χ0v) is 13.2. The van der Waals surface area contributed by atoms with Gasteiger partial charge in [-0.25, -0.2) is 8.42 Å². The number of carbonyl (C=O) groups excluding carboxylic acids is 1. The summed E-state index contributed by atoms with van der Waals surface area (Å²) in [6, 6.07) is 5.83. The van der Waals surface area contributed by atoms with Crippen molar-refractivity contribution in [1.29, 1.82) is 0 Å². The smallest absolute Gasteiger partial charge is 0.322 e. The maximum Gasteiger partial charge on any atom is 0.322 e. The lowest BCUT2D eigenvalue weighted by Gasteiger charge is -2.06. The molecule has 8 nitrogen and oxygen atoms in total. The molecule has 3 rings (SSSR count). The fraction of sp³-hybridized carbons (Fsp3) is 0.357. The maximum atomic E-state index is 12.3. The summed E-state index contributed by atoms with van der Waals surface area (Å²) in [6.07, 6.45) is 2.49. The molecule has 9 heteroatoms. The lowest BCUT2D eigenvalue weighted by molar-refractivity contribution is 0.0893. The Morgan fingerprint density at radius 2 is 2.09 bits per heavy atom. The van der Waals surface area contributed by atoms with Crippen molar-refractivity contribution in [3.05, 3.63) is 35.7 Å². The summed E-state index contributed by atoms with van der Waals surface area (Å²) in [7, 11) is -3.53. The van der Waals surface area contributed by atoms with E-state index in [9.17, 15) is 13.2 Å². The largest absolute Gasteiger partial charge is 0.405 e. The number of aromatic nitrogens is 2. The van der Waals surface area contributed by atoms with Crippen LogP contribution < -0.4 is 5.32 Å². The maximum absolute atomic E-state index is 12.3. The molecule has 1 aliphatic rings. The number of hydrogen-bond donors (Lipinski definition) is 1. The van der Waals surface area contributed by atoms with Crippen LogP contribution in [-0.4, -0.2) is 37.4 Å². The molecule has 2 aromatic rings. The molecule has 1 fully saturated rings. The first kappa shape index (κ1) is 15.6. The average Bonchev–Trinajstić information content (AvgIpc) is 3.17. The van der Waals surface area contributed by atoms with Gasteiger partial charge >= 0.3 is 6.01 Å². The summed E-state index contributed by atoms with van der Waals surface area (Å²) in [5, 5.41) is 10.00. The van der Waals surface area contributed by atoms with Crippen molar-refractivity contribution in [3.8, 4) is 0 Å². The van der Waals surface area contributed by atoms with Crippen molar-refractivity contribution in [2.45, 2.75) is 23.8 Å². The highest BCUT2D eigenvalue weighted by Gasteiger charge is 2.25. The summed E-state index contributed by atoms with van der Waals surface area (Å²) in [5.41, 5.74) is 0.0202. The molecule has 0 radical (unpaired) electrons. The number of benzene rings is 1. The number of anilines is 1. The van der Waals surface area contributed by atoms with Gasteiger partial charge in [0.25, 0.3) is 5.91 Å². The number of amides is 1. The topological polar surface area (TPSA) is 111 Å². The van der Waals surface area contributed by atoms with Crippen molar-refractivity contribution in [2.75, 3.05) is 18.2 Å². The van der Waals surface area contributed by atoms with E-state index in [4.69, 9.17) is 9.15 Å². The van der Waals surface area contributed by atoms with Crippen molar-refractivity contribution in [2.24, 2.45) is 0 Å². The van der Waals surface area contributed by atoms with Crippen molar-refractivity contribution >= 4 is 21.8 Å². The molecule has 1 atom stereocenters. The first-order valence-electron chi connectivity index (χ1n) is 7.00. The Morgan fingerprint density at radius 1 is 1.30 bits per heavy atom. The highest BCUT2D eigenvalue weighted by molar-refractivity contribution is 7.90. The van der Waals surface area contributed by atoms with Crippen LogP contribution in [-0.2, 0) is 14.6 Å². The molecule has 0 spiro atoms. The number of rotatable bonds is 4. The second kappa shape index (κ2) is 6.09. The summed E-state index contributed by atoms with van der Waals surface area (Å²) < 4.78 is 34.3. The fourth-order valence-corrected chi connectivity index (χ4v) is 3.22. The minimum atomic E-state index is -3.53. The van der Waals surface area contributed by atoms with Crippen LogP contribution in [0, 0.1) is 0 Å². The van der Waals surface area contributed by atoms with E-state index in [2.05, 4.69) is 15.5 Å². The van der Waals surface area contributed by atoms with E-state index in [1.807, 2.05) is 0 Å². The lowest BCUT2D eigenvalue weighted by Crippen LogP contribution is -2.16. The van der Waals surface area contributed by atoms with Gasteiger partial charge in [0.2, 0.25) is 5.89 Å². The number of nitrogens with zero attached hydrogens (tertiary/aromatic N) is 2. The van der Waals surface area contributed by atoms with Crippen LogP contribution in [0.15, 0.2) is 33.6 Å². The Bertz CT molecular complexity index is 824. The molecule has 0 bridgehead atoms. The molecule has 2 heterocycles. The number of sulfone groups is 1. The Balaban J connectivity index is 1.80. The van der Waals surface area contributed by atoms with E-state index in [-0.39, 0.29) is 22.6 Å². The van der Waals surface area contributed by atoms with E-state index in [1.54, 1.807) is 12.1 Å². The third-order valence-corrected chi connectivity index (χ3v) is 4.55. The zero-order valence-electron chi connectivity index (χ0n) is 12.4. The van der Waals surface area contributed by atoms with Gasteiger partial charge in [0.1, 0.15) is 6.10 Å². The molecule has 122 valence electrons. The van der Waals surface area contributed by atoms with Crippen molar-refractivity contribution < 1.29 is 22.4 Å². The van der Waals surface area contributed by atoms with Gasteiger partial charge in [-0.2, -0.15) is 0 Å². The monoisotopic (exact) mass is 337 g/mol. The highest BCUT2D eigenvalue weighted by Crippen LogP contribution is 2.28. The van der Waals surface area contributed by atoms with Crippen molar-refractivity contribution in [1.82, 2.24) is 10.2 Å². The molecular formula is C14H15N3O5S. The second-order valence-electron chi connectivity index (χ2n) is 5.17. The second-order valence-corrected chi connectivity index (χ2v) is 7.15. The Morgan fingerprint density at radius 3 is 2.78 bits per heavy atom. The predicted octanol–water partition coefficient (Wildman–Crippen LogP) is 1.58. The number of ether oxygens (including phenoxy) is 1. The summed E-state index contributed by atoms with van der Waals surface area (Å²) in [5.74, 6) is -0.331. The van der Waals surface area contributed by atoms with E-state index >= 15 is 0 Å². The quantitative estimate of drug-likeness (QED) is 0.901. The standard InChI is InChI=1S/C14H15N3O5S/c1-23(19,20)11-7-3-2-5-9(11)12(18)15-14-17-16-13(22-14)10-6-4-8-21-10/h2-3,5,7,10H,4,6,8H2,1H3,(H,15,17,18). The van der Waals surface area contributed by atoms with Gasteiger partial charge in [-0.05, 0) is 25.0 Å². The van der Waals surface area contributed by atoms with Crippen molar-refractivity contribution in [3.63, 3.8) is 0 Å². The van der Waals surface area contributed by atoms with Gasteiger partial charge in [-0.3, -0.25) is 10.1 Å². The molecule has 1 aliphatic heterocycles. The van der Waals surface area contributed by atoms with Crippen LogP contribution in [0.3, 0.4) is 0 Å². The molecule has 1 amide bonds. The molecule has 1 N–H and O–H groups in total. The Labute approximate surface area is 132 Å². The average molecular weight is 337 g/mol. The normalized spacial score (nSPS) is 18.0. The van der Waals surface area contributed by atoms with Gasteiger partial charge in [-0.1, -0.05) is 17.2 Å². The van der Waals surface area contributed by atoms with Gasteiger partial charge in [0.05, 0.1) is 10.5 Å². The van der Waals surface area contributed by atoms with Crippen LogP contribution in [0.4, 0.5) is 6.01 Å². The van der Waals surface area contributed by atoms with Gasteiger partial charge < -0.3 is 9.15 Å². The number of nitrogens with one attached hydrogen (secondary N) is 1. The van der Waals surface area contributed by atoms with Gasteiger partial charge in [0.15, 0.2) is 9.84 Å². The molecule has 0 saturated carbocycles. The summed E-state index contributed by atoms with van der Waals surface area (Å²) >= 11 is 0. The third-order valence-electron chi connectivity index (χ3n) is 3.40. The van der Waals surface area contributed by atoms with E-state index in [0.717, 1.165) is 19.1 Å². The van der Waals surface area contributed by atoms with Crippen LogP contribution in [0.2, 0.25) is 0 Å². The van der Waals surface area contributed by atoms with E-state index in [0.29, 0.717) is 12.5 Å². The molecule has 0 aliphatic carbocycles.